The first-order chi connectivity index (χ1) is 21.1. The van der Waals surface area contributed by atoms with Gasteiger partial charge in [0.05, 0.1) is 14.2 Å². The summed E-state index contributed by atoms with van der Waals surface area (Å²) in [5.41, 5.74) is 1.70. The molecule has 0 saturated carbocycles. The molecule has 0 amide bonds. The van der Waals surface area contributed by atoms with Gasteiger partial charge in [0.15, 0.2) is 6.10 Å². The summed E-state index contributed by atoms with van der Waals surface area (Å²) in [4.78, 5) is 25.7. The number of hydrogen-bond donors (Lipinski definition) is 5. The highest BCUT2D eigenvalue weighted by Gasteiger charge is 2.35. The van der Waals surface area contributed by atoms with Crippen molar-refractivity contribution in [3.8, 4) is 23.0 Å². The molecular weight excluding hydrogens is 576 g/mol. The molecule has 4 aromatic rings. The third-order valence-electron chi connectivity index (χ3n) is 8.57. The van der Waals surface area contributed by atoms with E-state index < -0.39 is 34.8 Å². The minimum Gasteiger partial charge on any atom is -0.508 e. The molecule has 9 heteroatoms. The third-order valence-corrected chi connectivity index (χ3v) is 8.57. The molecule has 0 saturated heterocycles. The van der Waals surface area contributed by atoms with E-state index in [4.69, 9.17) is 9.47 Å². The van der Waals surface area contributed by atoms with E-state index in [1.807, 2.05) is 27.7 Å². The predicted octanol–water partition coefficient (Wildman–Crippen LogP) is 5.67. The third kappa shape index (κ3) is 6.30. The standard InChI is InChI=1S/C36H38O9/c1-35(2,20-7-11-23(37)12-8-20)21-9-15-29(39)26(17-21)31(33(42)44-5)27-18-22(10-16-30(27)40)36(3,4)28-14-13-24(38)19-25(28)32(41)34(43)45-6/h7-19,31-32,37-41H,1-6H3. The van der Waals surface area contributed by atoms with Gasteiger partial charge in [-0.25, -0.2) is 4.79 Å². The van der Waals surface area contributed by atoms with Gasteiger partial charge in [-0.05, 0) is 64.2 Å². The molecule has 2 unspecified atom stereocenters. The summed E-state index contributed by atoms with van der Waals surface area (Å²) in [6.07, 6.45) is -1.67. The molecular formula is C36H38O9. The van der Waals surface area contributed by atoms with Crippen molar-refractivity contribution in [2.45, 2.75) is 50.5 Å². The average molecular weight is 615 g/mol. The fraction of sp³-hybridized carbons (Fsp3) is 0.278. The van der Waals surface area contributed by atoms with Crippen molar-refractivity contribution in [2.24, 2.45) is 0 Å². The van der Waals surface area contributed by atoms with Crippen LogP contribution in [0, 0.1) is 0 Å². The van der Waals surface area contributed by atoms with Gasteiger partial charge in [0, 0.05) is 22.0 Å². The van der Waals surface area contributed by atoms with E-state index in [0.717, 1.165) is 18.2 Å². The van der Waals surface area contributed by atoms with Crippen LogP contribution in [0.4, 0.5) is 0 Å². The summed E-state index contributed by atoms with van der Waals surface area (Å²) >= 11 is 0. The first-order valence-corrected chi connectivity index (χ1v) is 14.3. The van der Waals surface area contributed by atoms with Crippen LogP contribution in [0.1, 0.15) is 78.7 Å². The van der Waals surface area contributed by atoms with E-state index in [1.54, 1.807) is 54.6 Å². The lowest BCUT2D eigenvalue weighted by molar-refractivity contribution is -0.150. The fourth-order valence-electron chi connectivity index (χ4n) is 5.67. The van der Waals surface area contributed by atoms with E-state index in [9.17, 15) is 35.1 Å². The van der Waals surface area contributed by atoms with Crippen molar-refractivity contribution in [1.29, 1.82) is 0 Å². The highest BCUT2D eigenvalue weighted by molar-refractivity contribution is 5.84. The zero-order chi connectivity index (χ0) is 33.3. The van der Waals surface area contributed by atoms with Gasteiger partial charge in [0.1, 0.15) is 28.9 Å². The monoisotopic (exact) mass is 614 g/mol. The number of phenolic OH excluding ortho intramolecular Hbond substituents is 4. The van der Waals surface area contributed by atoms with Gasteiger partial charge in [-0.15, -0.1) is 0 Å². The number of esters is 2. The second-order valence-corrected chi connectivity index (χ2v) is 12.0. The van der Waals surface area contributed by atoms with Crippen molar-refractivity contribution in [3.63, 3.8) is 0 Å². The lowest BCUT2D eigenvalue weighted by Gasteiger charge is -2.31. The van der Waals surface area contributed by atoms with Gasteiger partial charge in [0.2, 0.25) is 0 Å². The van der Waals surface area contributed by atoms with E-state index in [2.05, 4.69) is 0 Å². The quantitative estimate of drug-likeness (QED) is 0.150. The van der Waals surface area contributed by atoms with E-state index >= 15 is 0 Å². The van der Waals surface area contributed by atoms with Crippen LogP contribution in [0.25, 0.3) is 0 Å². The Morgan fingerprint density at radius 1 is 0.578 bits per heavy atom. The molecule has 0 spiro atoms. The Kier molecular flexibility index (Phi) is 9.16. The Labute approximate surface area is 262 Å². The summed E-state index contributed by atoms with van der Waals surface area (Å²) < 4.78 is 9.89. The number of aliphatic hydroxyl groups is 1. The Bertz CT molecular complexity index is 1720. The lowest BCUT2D eigenvalue weighted by Crippen LogP contribution is -2.25. The van der Waals surface area contributed by atoms with E-state index in [1.165, 1.54) is 31.4 Å². The summed E-state index contributed by atoms with van der Waals surface area (Å²) in [7, 11) is 2.37. The maximum atomic E-state index is 13.4. The number of hydrogen-bond acceptors (Lipinski definition) is 9. The fourth-order valence-corrected chi connectivity index (χ4v) is 5.67. The minimum absolute atomic E-state index is 0.129. The molecule has 0 bridgehead atoms. The number of rotatable bonds is 9. The highest BCUT2D eigenvalue weighted by Crippen LogP contribution is 2.44. The van der Waals surface area contributed by atoms with Crippen LogP contribution in [0.5, 0.6) is 23.0 Å². The normalized spacial score (nSPS) is 13.1. The average Bonchev–Trinajstić information content (AvgIpc) is 3.01. The number of aliphatic hydroxyl groups excluding tert-OH is 1. The lowest BCUT2D eigenvalue weighted by atomic mass is 9.73. The second-order valence-electron chi connectivity index (χ2n) is 12.0. The molecule has 5 N–H and O–H groups in total. The number of carbonyl (C=O) groups is 2. The Morgan fingerprint density at radius 2 is 1.04 bits per heavy atom. The Balaban J connectivity index is 1.88. The maximum absolute atomic E-state index is 13.4. The molecule has 4 aromatic carbocycles. The molecule has 0 aliphatic rings. The number of benzene rings is 4. The van der Waals surface area contributed by atoms with Crippen molar-refractivity contribution in [2.75, 3.05) is 14.2 Å². The molecule has 45 heavy (non-hydrogen) atoms. The second kappa shape index (κ2) is 12.5. The summed E-state index contributed by atoms with van der Waals surface area (Å²) in [5.74, 6) is -3.28. The van der Waals surface area contributed by atoms with Crippen LogP contribution in [-0.4, -0.2) is 51.7 Å². The first-order valence-electron chi connectivity index (χ1n) is 14.3. The van der Waals surface area contributed by atoms with Crippen molar-refractivity contribution in [1.82, 2.24) is 0 Å². The Morgan fingerprint density at radius 3 is 1.56 bits per heavy atom. The van der Waals surface area contributed by atoms with E-state index in [0.29, 0.717) is 11.1 Å². The summed E-state index contributed by atoms with van der Waals surface area (Å²) in [6, 6.07) is 20.7. The minimum atomic E-state index is -1.67. The van der Waals surface area contributed by atoms with Crippen molar-refractivity contribution in [3.05, 3.63) is 118 Å². The van der Waals surface area contributed by atoms with Crippen LogP contribution >= 0.6 is 0 Å². The number of phenols is 4. The van der Waals surface area contributed by atoms with Gasteiger partial charge in [0.25, 0.3) is 0 Å². The molecule has 0 aromatic heterocycles. The molecule has 0 aliphatic carbocycles. The van der Waals surface area contributed by atoms with Crippen LogP contribution < -0.4 is 0 Å². The van der Waals surface area contributed by atoms with Crippen LogP contribution in [-0.2, 0) is 29.9 Å². The van der Waals surface area contributed by atoms with Crippen molar-refractivity contribution >= 4 is 11.9 Å². The molecule has 4 rings (SSSR count). The molecule has 0 radical (unpaired) electrons. The number of ether oxygens (including phenoxy) is 2. The molecule has 9 nitrogen and oxygen atoms in total. The van der Waals surface area contributed by atoms with Gasteiger partial charge >= 0.3 is 11.9 Å². The van der Waals surface area contributed by atoms with Crippen LogP contribution in [0.2, 0.25) is 0 Å². The molecule has 0 aliphatic heterocycles. The van der Waals surface area contributed by atoms with Gasteiger partial charge in [-0.1, -0.05) is 70.2 Å². The van der Waals surface area contributed by atoms with Gasteiger partial charge < -0.3 is 35.0 Å². The summed E-state index contributed by atoms with van der Waals surface area (Å²) in [6.45, 7) is 7.60. The number of aromatic hydroxyl groups is 4. The number of methoxy groups -OCH3 is 2. The largest absolute Gasteiger partial charge is 0.508 e. The molecule has 0 fully saturated rings. The molecule has 236 valence electrons. The SMILES string of the molecule is COC(=O)C(O)c1cc(O)ccc1C(C)(C)c1ccc(O)c(C(C(=O)OC)c2cc(C(C)(C)c3ccc(O)cc3)ccc2O)c1. The van der Waals surface area contributed by atoms with Gasteiger partial charge in [-0.3, -0.25) is 4.79 Å². The highest BCUT2D eigenvalue weighted by atomic mass is 16.5. The smallest absolute Gasteiger partial charge is 0.339 e. The van der Waals surface area contributed by atoms with Crippen LogP contribution in [0.3, 0.4) is 0 Å². The first kappa shape index (κ1) is 32.9. The summed E-state index contributed by atoms with van der Waals surface area (Å²) in [5, 5.41) is 52.8. The topological polar surface area (TPSA) is 154 Å². The number of carbonyl (C=O) groups excluding carboxylic acids is 2. The maximum Gasteiger partial charge on any atom is 0.339 e. The molecule has 0 heterocycles. The van der Waals surface area contributed by atoms with Crippen LogP contribution in [0.15, 0.2) is 78.9 Å². The predicted molar refractivity (Wildman–Crippen MR) is 168 cm³/mol. The van der Waals surface area contributed by atoms with Gasteiger partial charge in [-0.2, -0.15) is 0 Å². The van der Waals surface area contributed by atoms with Crippen molar-refractivity contribution < 1.29 is 44.6 Å². The van der Waals surface area contributed by atoms with E-state index in [-0.39, 0.29) is 39.7 Å². The Hall–Kier alpha value is -5.02. The zero-order valence-corrected chi connectivity index (χ0v) is 26.0. The molecule has 2 atom stereocenters. The zero-order valence-electron chi connectivity index (χ0n) is 26.0.